The molecule has 0 spiro atoms. The Kier molecular flexibility index (Phi) is 4.17. The Labute approximate surface area is 184 Å². The highest BCUT2D eigenvalue weighted by atomic mass is 79.9. The molecule has 2 heterocycles. The molecule has 4 aromatic rings. The van der Waals surface area contributed by atoms with Gasteiger partial charge in [0.1, 0.15) is 0 Å². The lowest BCUT2D eigenvalue weighted by Crippen LogP contribution is -2.03. The second-order valence-electron chi connectivity index (χ2n) is 7.88. The Bertz CT molecular complexity index is 1360. The average Bonchev–Trinajstić information content (AvgIpc) is 3.27. The molecule has 2 aliphatic carbocycles. The highest BCUT2D eigenvalue weighted by molar-refractivity contribution is 9.10. The Morgan fingerprint density at radius 2 is 1.83 bits per heavy atom. The average molecular weight is 453 g/mol. The second-order valence-corrected chi connectivity index (χ2v) is 8.79. The lowest BCUT2D eigenvalue weighted by atomic mass is 10.0. The summed E-state index contributed by atoms with van der Waals surface area (Å²) in [5.74, 6) is 0. The van der Waals surface area contributed by atoms with Crippen LogP contribution in [0.3, 0.4) is 0 Å². The minimum atomic E-state index is 0.907. The van der Waals surface area contributed by atoms with Gasteiger partial charge in [0.05, 0.1) is 11.2 Å². The van der Waals surface area contributed by atoms with Gasteiger partial charge >= 0.3 is 0 Å². The van der Waals surface area contributed by atoms with Crippen LogP contribution in [-0.4, -0.2) is 9.13 Å². The van der Waals surface area contributed by atoms with Gasteiger partial charge in [-0.3, -0.25) is 0 Å². The van der Waals surface area contributed by atoms with Crippen molar-refractivity contribution in [3.8, 4) is 16.9 Å². The maximum Gasteiger partial charge on any atom is 0.0622 e. The molecule has 2 nitrogen and oxygen atoms in total. The van der Waals surface area contributed by atoms with Crippen LogP contribution < -0.4 is 0 Å². The van der Waals surface area contributed by atoms with Crippen LogP contribution in [0.15, 0.2) is 89.6 Å². The molecule has 6 rings (SSSR count). The molecular weight excluding hydrogens is 432 g/mol. The molecule has 30 heavy (non-hydrogen) atoms. The van der Waals surface area contributed by atoms with Crippen molar-refractivity contribution in [1.82, 2.24) is 9.13 Å². The predicted octanol–water partition coefficient (Wildman–Crippen LogP) is 7.62. The zero-order valence-electron chi connectivity index (χ0n) is 16.6. The van der Waals surface area contributed by atoms with Crippen LogP contribution in [0.2, 0.25) is 0 Å². The van der Waals surface area contributed by atoms with E-state index in [1.165, 1.54) is 44.8 Å². The zero-order chi connectivity index (χ0) is 20.1. The summed E-state index contributed by atoms with van der Waals surface area (Å²) < 4.78 is 5.95. The Morgan fingerprint density at radius 1 is 0.933 bits per heavy atom. The smallest absolute Gasteiger partial charge is 0.0622 e. The van der Waals surface area contributed by atoms with E-state index in [-0.39, 0.29) is 0 Å². The van der Waals surface area contributed by atoms with Gasteiger partial charge in [0.15, 0.2) is 0 Å². The molecule has 0 atom stereocenters. The van der Waals surface area contributed by atoms with E-state index in [2.05, 4.69) is 116 Å². The molecular formula is C27H21BrN2. The van der Waals surface area contributed by atoms with Crippen LogP contribution in [-0.2, 0) is 6.42 Å². The number of aromatic nitrogens is 2. The van der Waals surface area contributed by atoms with E-state index in [0.717, 1.165) is 23.7 Å². The quantitative estimate of drug-likeness (QED) is 0.295. The number of hydrogen-bond acceptors (Lipinski definition) is 0. The molecule has 2 aromatic carbocycles. The summed E-state index contributed by atoms with van der Waals surface area (Å²) >= 11 is 3.72. The lowest BCUT2D eigenvalue weighted by Gasteiger charge is -2.16. The van der Waals surface area contributed by atoms with Crippen LogP contribution in [0.4, 0.5) is 0 Å². The molecule has 0 aliphatic heterocycles. The first kappa shape index (κ1) is 17.8. The number of benzene rings is 2. The zero-order valence-corrected chi connectivity index (χ0v) is 18.1. The van der Waals surface area contributed by atoms with Crippen molar-refractivity contribution >= 4 is 38.6 Å². The summed E-state index contributed by atoms with van der Waals surface area (Å²) in [5, 5.41) is 1.29. The highest BCUT2D eigenvalue weighted by Crippen LogP contribution is 2.43. The molecule has 0 radical (unpaired) electrons. The third kappa shape index (κ3) is 2.69. The largest absolute Gasteiger partial charge is 0.320 e. The van der Waals surface area contributed by atoms with Crippen LogP contribution in [0.5, 0.6) is 0 Å². The summed E-state index contributed by atoms with van der Waals surface area (Å²) in [6, 6.07) is 19.6. The maximum atomic E-state index is 3.72. The molecule has 0 N–H and O–H groups in total. The van der Waals surface area contributed by atoms with E-state index in [9.17, 15) is 0 Å². The lowest BCUT2D eigenvalue weighted by molar-refractivity contribution is 0.946. The van der Waals surface area contributed by atoms with Crippen molar-refractivity contribution in [1.29, 1.82) is 0 Å². The molecule has 2 aromatic heterocycles. The van der Waals surface area contributed by atoms with Gasteiger partial charge in [-0.1, -0.05) is 58.4 Å². The van der Waals surface area contributed by atoms with Crippen molar-refractivity contribution in [2.24, 2.45) is 0 Å². The van der Waals surface area contributed by atoms with Gasteiger partial charge < -0.3 is 9.13 Å². The number of allylic oxidation sites excluding steroid dienone is 5. The van der Waals surface area contributed by atoms with Crippen LogP contribution in [0.25, 0.3) is 39.6 Å². The molecule has 0 fully saturated rings. The summed E-state index contributed by atoms with van der Waals surface area (Å²) in [5.41, 5.74) is 9.10. The highest BCUT2D eigenvalue weighted by Gasteiger charge is 2.25. The Balaban J connectivity index is 1.73. The normalized spacial score (nSPS) is 15.0. The standard InChI is InChI=1S/C27H21BrN2/c28-20-14-15-24-23(18-20)26-25(30(24)22-11-5-2-6-12-22)13-7-8-19-16-17-29(27(19)26)21-9-3-1-4-10-21/h1-3,5-9,11-12,14-18H,4,10,13H2. The van der Waals surface area contributed by atoms with Crippen LogP contribution in [0, 0.1) is 0 Å². The van der Waals surface area contributed by atoms with Crippen LogP contribution >= 0.6 is 15.9 Å². The molecule has 0 unspecified atom stereocenters. The molecule has 2 aliphatic rings. The van der Waals surface area contributed by atoms with E-state index in [1.54, 1.807) is 0 Å². The summed E-state index contributed by atoms with van der Waals surface area (Å²) in [6.07, 6.45) is 16.6. The van der Waals surface area contributed by atoms with Gasteiger partial charge in [-0.15, -0.1) is 0 Å². The van der Waals surface area contributed by atoms with Crippen molar-refractivity contribution < 1.29 is 0 Å². The van der Waals surface area contributed by atoms with Crippen LogP contribution in [0.1, 0.15) is 24.1 Å². The summed E-state index contributed by atoms with van der Waals surface area (Å²) in [7, 11) is 0. The minimum Gasteiger partial charge on any atom is -0.320 e. The summed E-state index contributed by atoms with van der Waals surface area (Å²) in [4.78, 5) is 0. The van der Waals surface area contributed by atoms with Crippen molar-refractivity contribution in [2.75, 3.05) is 0 Å². The Hall–Kier alpha value is -3.04. The van der Waals surface area contributed by atoms with Gasteiger partial charge in [-0.2, -0.15) is 0 Å². The first-order chi connectivity index (χ1) is 14.8. The molecule has 0 saturated heterocycles. The molecule has 0 saturated carbocycles. The van der Waals surface area contributed by atoms with Crippen molar-refractivity contribution in [2.45, 2.75) is 19.3 Å². The van der Waals surface area contributed by atoms with Gasteiger partial charge in [0.2, 0.25) is 0 Å². The third-order valence-corrected chi connectivity index (χ3v) is 6.60. The first-order valence-corrected chi connectivity index (χ1v) is 11.2. The van der Waals surface area contributed by atoms with Crippen molar-refractivity contribution in [3.63, 3.8) is 0 Å². The minimum absolute atomic E-state index is 0.907. The molecule has 0 bridgehead atoms. The topological polar surface area (TPSA) is 9.86 Å². The number of para-hydroxylation sites is 1. The van der Waals surface area contributed by atoms with Gasteiger partial charge in [0, 0.05) is 50.7 Å². The van der Waals surface area contributed by atoms with Gasteiger partial charge in [-0.05, 0) is 55.3 Å². The van der Waals surface area contributed by atoms with Gasteiger partial charge in [0.25, 0.3) is 0 Å². The Morgan fingerprint density at radius 3 is 2.67 bits per heavy atom. The van der Waals surface area contributed by atoms with Gasteiger partial charge in [-0.25, -0.2) is 0 Å². The molecule has 146 valence electrons. The number of rotatable bonds is 2. The second kappa shape index (κ2) is 7.03. The van der Waals surface area contributed by atoms with E-state index >= 15 is 0 Å². The van der Waals surface area contributed by atoms with E-state index in [4.69, 9.17) is 0 Å². The number of halogens is 1. The van der Waals surface area contributed by atoms with Crippen molar-refractivity contribution in [3.05, 3.63) is 101 Å². The SMILES string of the molecule is Brc1ccc2c(c1)c1c(n2-c2ccccc2)CC=Cc2ccn(C3=CC=CCC3)c2-1. The fourth-order valence-corrected chi connectivity index (χ4v) is 5.18. The van der Waals surface area contributed by atoms with E-state index < -0.39 is 0 Å². The third-order valence-electron chi connectivity index (χ3n) is 6.11. The summed E-state index contributed by atoms with van der Waals surface area (Å²) in [6.45, 7) is 0. The fourth-order valence-electron chi connectivity index (χ4n) is 4.82. The predicted molar refractivity (Wildman–Crippen MR) is 130 cm³/mol. The molecule has 0 amide bonds. The number of nitrogens with zero attached hydrogens (tertiary/aromatic N) is 2. The monoisotopic (exact) mass is 452 g/mol. The maximum absolute atomic E-state index is 3.72. The number of hydrogen-bond donors (Lipinski definition) is 0. The number of fused-ring (bicyclic) bond motifs is 5. The van der Waals surface area contributed by atoms with E-state index in [0.29, 0.717) is 0 Å². The van der Waals surface area contributed by atoms with E-state index in [1.807, 2.05) is 0 Å². The fraction of sp³-hybridized carbons (Fsp3) is 0.111. The molecule has 3 heteroatoms. The first-order valence-electron chi connectivity index (χ1n) is 10.4.